The van der Waals surface area contributed by atoms with E-state index >= 15 is 0 Å². The van der Waals surface area contributed by atoms with E-state index in [0.717, 1.165) is 18.0 Å². The van der Waals surface area contributed by atoms with Crippen LogP contribution in [0.4, 0.5) is 0 Å². The first kappa shape index (κ1) is 10.7. The van der Waals surface area contributed by atoms with Crippen molar-refractivity contribution >= 4 is 0 Å². The third-order valence-corrected chi connectivity index (χ3v) is 3.09. The van der Waals surface area contributed by atoms with Gasteiger partial charge in [-0.05, 0) is 47.1 Å². The second-order valence-electron chi connectivity index (χ2n) is 5.39. The normalized spacial score (nSPS) is 23.6. The molecule has 1 saturated heterocycles. The van der Waals surface area contributed by atoms with Crippen LogP contribution in [0.5, 0.6) is 0 Å². The summed E-state index contributed by atoms with van der Waals surface area (Å²) >= 11 is 0. The summed E-state index contributed by atoms with van der Waals surface area (Å²) in [6.07, 6.45) is 2.44. The van der Waals surface area contributed by atoms with E-state index in [1.54, 1.807) is 0 Å². The minimum absolute atomic E-state index is 0.210. The molecular weight excluding hydrogens is 188 g/mol. The van der Waals surface area contributed by atoms with Gasteiger partial charge in [0.1, 0.15) is 0 Å². The number of hydrogen-bond acceptors (Lipinski definition) is 3. The van der Waals surface area contributed by atoms with Crippen molar-refractivity contribution in [3.05, 3.63) is 17.5 Å². The zero-order valence-corrected chi connectivity index (χ0v) is 10.1. The minimum atomic E-state index is 0.210. The van der Waals surface area contributed by atoms with Crippen molar-refractivity contribution in [3.63, 3.8) is 0 Å². The molecule has 3 nitrogen and oxygen atoms in total. The summed E-state index contributed by atoms with van der Waals surface area (Å²) in [5, 5.41) is 3.98. The second kappa shape index (κ2) is 3.63. The summed E-state index contributed by atoms with van der Waals surface area (Å²) in [6.45, 7) is 9.91. The van der Waals surface area contributed by atoms with Gasteiger partial charge in [-0.25, -0.2) is 0 Å². The molecule has 0 spiro atoms. The predicted molar refractivity (Wildman–Crippen MR) is 59.7 cm³/mol. The molecule has 1 aromatic rings. The maximum absolute atomic E-state index is 5.38. The van der Waals surface area contributed by atoms with Crippen LogP contribution in [0.3, 0.4) is 0 Å². The molecule has 1 fully saturated rings. The smallest absolute Gasteiger partial charge is 0.154 e. The van der Waals surface area contributed by atoms with Crippen molar-refractivity contribution in [2.75, 3.05) is 6.54 Å². The Hall–Kier alpha value is -0.830. The average molecular weight is 208 g/mol. The highest BCUT2D eigenvalue weighted by Gasteiger charge is 2.35. The van der Waals surface area contributed by atoms with Crippen LogP contribution in [-0.4, -0.2) is 22.1 Å². The van der Waals surface area contributed by atoms with Crippen LogP contribution in [0.15, 0.2) is 10.6 Å². The lowest BCUT2D eigenvalue weighted by Gasteiger charge is -2.35. The van der Waals surface area contributed by atoms with Gasteiger partial charge in [-0.1, -0.05) is 5.16 Å². The number of hydrogen-bond donors (Lipinski definition) is 0. The van der Waals surface area contributed by atoms with Gasteiger partial charge in [0.05, 0.1) is 11.7 Å². The Morgan fingerprint density at radius 2 is 2.20 bits per heavy atom. The Labute approximate surface area is 91.4 Å². The fourth-order valence-corrected chi connectivity index (χ4v) is 2.41. The first-order valence-corrected chi connectivity index (χ1v) is 5.68. The van der Waals surface area contributed by atoms with Gasteiger partial charge < -0.3 is 4.52 Å². The summed E-state index contributed by atoms with van der Waals surface area (Å²) < 4.78 is 5.38. The highest BCUT2D eigenvalue weighted by atomic mass is 16.5. The van der Waals surface area contributed by atoms with Crippen molar-refractivity contribution in [3.8, 4) is 0 Å². The van der Waals surface area contributed by atoms with E-state index in [1.165, 1.54) is 12.8 Å². The first-order chi connectivity index (χ1) is 6.98. The third kappa shape index (κ3) is 2.07. The van der Waals surface area contributed by atoms with Crippen molar-refractivity contribution in [1.29, 1.82) is 0 Å². The van der Waals surface area contributed by atoms with Crippen LogP contribution in [0.25, 0.3) is 0 Å². The zero-order chi connectivity index (χ0) is 11.1. The molecule has 0 saturated carbocycles. The van der Waals surface area contributed by atoms with E-state index in [1.807, 2.05) is 6.92 Å². The fourth-order valence-electron chi connectivity index (χ4n) is 2.41. The molecule has 15 heavy (non-hydrogen) atoms. The Kier molecular flexibility index (Phi) is 2.59. The SMILES string of the molecule is Cc1cc(C2CCCN2C(C)(C)C)on1. The number of likely N-dealkylation sites (tertiary alicyclic amines) is 1. The van der Waals surface area contributed by atoms with Crippen LogP contribution in [0, 0.1) is 6.92 Å². The van der Waals surface area contributed by atoms with E-state index in [-0.39, 0.29) is 5.54 Å². The summed E-state index contributed by atoms with van der Waals surface area (Å²) in [4.78, 5) is 2.51. The van der Waals surface area contributed by atoms with Crippen molar-refractivity contribution in [2.45, 2.75) is 52.1 Å². The van der Waals surface area contributed by atoms with E-state index in [2.05, 4.69) is 36.9 Å². The summed E-state index contributed by atoms with van der Waals surface area (Å²) in [5.41, 5.74) is 1.19. The van der Waals surface area contributed by atoms with Gasteiger partial charge in [-0.3, -0.25) is 4.90 Å². The molecule has 1 aliphatic rings. The minimum Gasteiger partial charge on any atom is -0.359 e. The Balaban J connectivity index is 2.22. The Morgan fingerprint density at radius 3 is 2.73 bits per heavy atom. The van der Waals surface area contributed by atoms with E-state index < -0.39 is 0 Å². The lowest BCUT2D eigenvalue weighted by molar-refractivity contribution is 0.104. The summed E-state index contributed by atoms with van der Waals surface area (Å²) in [7, 11) is 0. The molecule has 1 unspecified atom stereocenters. The van der Waals surface area contributed by atoms with E-state index in [4.69, 9.17) is 4.52 Å². The molecule has 1 aromatic heterocycles. The van der Waals surface area contributed by atoms with Gasteiger partial charge in [-0.15, -0.1) is 0 Å². The molecular formula is C12H20N2O. The highest BCUT2D eigenvalue weighted by molar-refractivity contribution is 5.10. The largest absolute Gasteiger partial charge is 0.359 e. The summed E-state index contributed by atoms with van der Waals surface area (Å²) in [6, 6.07) is 2.49. The fraction of sp³-hybridized carbons (Fsp3) is 0.750. The monoisotopic (exact) mass is 208 g/mol. The van der Waals surface area contributed by atoms with E-state index in [9.17, 15) is 0 Å². The molecule has 84 valence electrons. The van der Waals surface area contributed by atoms with Crippen LogP contribution in [-0.2, 0) is 0 Å². The van der Waals surface area contributed by atoms with E-state index in [0.29, 0.717) is 6.04 Å². The Bertz CT molecular complexity index is 338. The maximum Gasteiger partial charge on any atom is 0.154 e. The maximum atomic E-state index is 5.38. The molecule has 2 heterocycles. The third-order valence-electron chi connectivity index (χ3n) is 3.09. The van der Waals surface area contributed by atoms with Gasteiger partial charge in [-0.2, -0.15) is 0 Å². The van der Waals surface area contributed by atoms with Crippen LogP contribution >= 0.6 is 0 Å². The molecule has 0 bridgehead atoms. The molecule has 0 aromatic carbocycles. The first-order valence-electron chi connectivity index (χ1n) is 5.68. The van der Waals surface area contributed by atoms with Gasteiger partial charge >= 0.3 is 0 Å². The molecule has 0 amide bonds. The van der Waals surface area contributed by atoms with Crippen molar-refractivity contribution < 1.29 is 4.52 Å². The van der Waals surface area contributed by atoms with Gasteiger partial charge in [0, 0.05) is 11.6 Å². The Morgan fingerprint density at radius 1 is 1.47 bits per heavy atom. The van der Waals surface area contributed by atoms with Crippen LogP contribution < -0.4 is 0 Å². The predicted octanol–water partition coefficient (Wildman–Crippen LogP) is 2.92. The van der Waals surface area contributed by atoms with Gasteiger partial charge in [0.15, 0.2) is 5.76 Å². The van der Waals surface area contributed by atoms with Crippen LogP contribution in [0.2, 0.25) is 0 Å². The average Bonchev–Trinajstić information content (AvgIpc) is 2.68. The molecule has 3 heteroatoms. The number of aromatic nitrogens is 1. The molecule has 0 radical (unpaired) electrons. The van der Waals surface area contributed by atoms with Gasteiger partial charge in [0.25, 0.3) is 0 Å². The van der Waals surface area contributed by atoms with Crippen molar-refractivity contribution in [1.82, 2.24) is 10.1 Å². The highest BCUT2D eigenvalue weighted by Crippen LogP contribution is 2.37. The standard InChI is InChI=1S/C12H20N2O/c1-9-8-11(15-13-9)10-6-5-7-14(10)12(2,3)4/h8,10H,5-7H2,1-4H3. The number of nitrogens with zero attached hydrogens (tertiary/aromatic N) is 2. The lowest BCUT2D eigenvalue weighted by Crippen LogP contribution is -2.40. The molecule has 2 rings (SSSR count). The number of aryl methyl sites for hydroxylation is 1. The second-order valence-corrected chi connectivity index (χ2v) is 5.39. The zero-order valence-electron chi connectivity index (χ0n) is 10.1. The number of rotatable bonds is 1. The summed E-state index contributed by atoms with van der Waals surface area (Å²) in [5.74, 6) is 1.03. The van der Waals surface area contributed by atoms with Crippen molar-refractivity contribution in [2.24, 2.45) is 0 Å². The molecule has 1 aliphatic heterocycles. The lowest BCUT2D eigenvalue weighted by atomic mass is 10.0. The quantitative estimate of drug-likeness (QED) is 0.710. The van der Waals surface area contributed by atoms with Crippen LogP contribution in [0.1, 0.15) is 51.1 Å². The van der Waals surface area contributed by atoms with Gasteiger partial charge in [0.2, 0.25) is 0 Å². The molecule has 1 atom stereocenters. The molecule has 0 aliphatic carbocycles. The molecule has 0 N–H and O–H groups in total. The topological polar surface area (TPSA) is 29.3 Å².